The van der Waals surface area contributed by atoms with Gasteiger partial charge in [-0.2, -0.15) is 0 Å². The summed E-state index contributed by atoms with van der Waals surface area (Å²) in [5, 5.41) is 0. The van der Waals surface area contributed by atoms with Crippen molar-refractivity contribution in [2.24, 2.45) is 11.8 Å². The highest BCUT2D eigenvalue weighted by Gasteiger charge is 2.33. The van der Waals surface area contributed by atoms with Crippen LogP contribution in [-0.4, -0.2) is 62.6 Å². The lowest BCUT2D eigenvalue weighted by atomic mass is 9.93. The molecule has 27 heavy (non-hydrogen) atoms. The van der Waals surface area contributed by atoms with Gasteiger partial charge in [0, 0.05) is 38.0 Å². The number of rotatable bonds is 5. The number of carbonyl (C=O) groups is 1. The minimum Gasteiger partial charge on any atom is -0.493 e. The molecule has 0 bridgehead atoms. The highest BCUT2D eigenvalue weighted by molar-refractivity contribution is 7.88. The molecule has 0 N–H and O–H groups in total. The third-order valence-electron chi connectivity index (χ3n) is 5.61. The maximum atomic E-state index is 12.9. The van der Waals surface area contributed by atoms with E-state index in [4.69, 9.17) is 4.74 Å². The molecule has 1 unspecified atom stereocenters. The van der Waals surface area contributed by atoms with E-state index in [1.807, 2.05) is 29.2 Å². The van der Waals surface area contributed by atoms with Crippen LogP contribution in [0.1, 0.15) is 31.2 Å². The fourth-order valence-corrected chi connectivity index (χ4v) is 4.82. The minimum atomic E-state index is -3.15. The Balaban J connectivity index is 1.49. The average Bonchev–Trinajstić information content (AvgIpc) is 2.67. The summed E-state index contributed by atoms with van der Waals surface area (Å²) in [7, 11) is -3.15. The zero-order valence-electron chi connectivity index (χ0n) is 16.3. The lowest BCUT2D eigenvalue weighted by Gasteiger charge is -2.37. The molecule has 2 heterocycles. The zero-order valence-corrected chi connectivity index (χ0v) is 17.1. The van der Waals surface area contributed by atoms with Crippen molar-refractivity contribution in [3.63, 3.8) is 0 Å². The first kappa shape index (κ1) is 20.1. The van der Waals surface area contributed by atoms with Crippen LogP contribution in [0.25, 0.3) is 0 Å². The summed E-state index contributed by atoms with van der Waals surface area (Å²) in [6, 6.07) is 8.04. The normalized spacial score (nSPS) is 22.6. The number of aryl methyl sites for hydroxylation is 1. The SMILES string of the molecule is Cc1ccc(OCC2CCCN(C(=O)C3CCN(S(C)(=O)=O)CC3)C2)cc1. The summed E-state index contributed by atoms with van der Waals surface area (Å²) in [6.45, 7) is 5.10. The van der Waals surface area contributed by atoms with Crippen LogP contribution in [0, 0.1) is 18.8 Å². The van der Waals surface area contributed by atoms with E-state index in [1.165, 1.54) is 16.1 Å². The van der Waals surface area contributed by atoms with Crippen LogP contribution in [0.3, 0.4) is 0 Å². The number of nitrogens with zero attached hydrogens (tertiary/aromatic N) is 2. The maximum Gasteiger partial charge on any atom is 0.225 e. The minimum absolute atomic E-state index is 0.0558. The van der Waals surface area contributed by atoms with Gasteiger partial charge >= 0.3 is 0 Å². The molecule has 2 aliphatic rings. The molecule has 3 rings (SSSR count). The zero-order chi connectivity index (χ0) is 19.4. The molecule has 1 amide bonds. The Bertz CT molecular complexity index is 740. The number of carbonyl (C=O) groups excluding carboxylic acids is 1. The van der Waals surface area contributed by atoms with Crippen molar-refractivity contribution in [1.29, 1.82) is 0 Å². The summed E-state index contributed by atoms with van der Waals surface area (Å²) in [5.41, 5.74) is 1.21. The molecule has 2 saturated heterocycles. The lowest BCUT2D eigenvalue weighted by Crippen LogP contribution is -2.47. The molecule has 150 valence electrons. The van der Waals surface area contributed by atoms with Crippen LogP contribution in [0.2, 0.25) is 0 Å². The first-order valence-electron chi connectivity index (χ1n) is 9.76. The molecule has 2 aliphatic heterocycles. The van der Waals surface area contributed by atoms with Gasteiger partial charge in [-0.25, -0.2) is 12.7 Å². The van der Waals surface area contributed by atoms with Crippen LogP contribution < -0.4 is 4.74 Å². The third kappa shape index (κ3) is 5.45. The predicted octanol–water partition coefficient (Wildman–Crippen LogP) is 2.28. The molecular weight excluding hydrogens is 364 g/mol. The number of sulfonamides is 1. The number of hydrogen-bond acceptors (Lipinski definition) is 4. The van der Waals surface area contributed by atoms with Gasteiger partial charge in [0.1, 0.15) is 5.75 Å². The first-order valence-corrected chi connectivity index (χ1v) is 11.6. The van der Waals surface area contributed by atoms with Crippen molar-refractivity contribution in [2.45, 2.75) is 32.6 Å². The molecule has 0 aromatic heterocycles. The van der Waals surface area contributed by atoms with E-state index in [2.05, 4.69) is 6.92 Å². The number of ether oxygens (including phenoxy) is 1. The van der Waals surface area contributed by atoms with Crippen molar-refractivity contribution in [3.05, 3.63) is 29.8 Å². The lowest BCUT2D eigenvalue weighted by molar-refractivity contribution is -0.138. The van der Waals surface area contributed by atoms with E-state index in [0.29, 0.717) is 38.5 Å². The van der Waals surface area contributed by atoms with Gasteiger partial charge in [-0.1, -0.05) is 17.7 Å². The smallest absolute Gasteiger partial charge is 0.225 e. The Morgan fingerprint density at radius 2 is 1.78 bits per heavy atom. The molecule has 1 atom stereocenters. The summed E-state index contributed by atoms with van der Waals surface area (Å²) < 4.78 is 30.7. The van der Waals surface area contributed by atoms with Crippen molar-refractivity contribution in [3.8, 4) is 5.75 Å². The highest BCUT2D eigenvalue weighted by Crippen LogP contribution is 2.25. The summed E-state index contributed by atoms with van der Waals surface area (Å²) in [5.74, 6) is 1.35. The summed E-state index contributed by atoms with van der Waals surface area (Å²) in [4.78, 5) is 14.8. The average molecular weight is 395 g/mol. The summed E-state index contributed by atoms with van der Waals surface area (Å²) in [6.07, 6.45) is 4.54. The second-order valence-corrected chi connectivity index (χ2v) is 9.84. The molecule has 0 aliphatic carbocycles. The fraction of sp³-hybridized carbons (Fsp3) is 0.650. The second-order valence-electron chi connectivity index (χ2n) is 7.85. The molecule has 2 fully saturated rings. The Labute approximate surface area is 162 Å². The van der Waals surface area contributed by atoms with Gasteiger partial charge in [0.2, 0.25) is 15.9 Å². The van der Waals surface area contributed by atoms with Gasteiger partial charge in [-0.3, -0.25) is 4.79 Å². The predicted molar refractivity (Wildman–Crippen MR) is 105 cm³/mol. The second kappa shape index (κ2) is 8.61. The van der Waals surface area contributed by atoms with Crippen molar-refractivity contribution in [2.75, 3.05) is 39.0 Å². The molecule has 0 saturated carbocycles. The number of hydrogen-bond donors (Lipinski definition) is 0. The molecule has 1 aromatic carbocycles. The molecule has 0 radical (unpaired) electrons. The maximum absolute atomic E-state index is 12.9. The van der Waals surface area contributed by atoms with Crippen molar-refractivity contribution < 1.29 is 17.9 Å². The first-order chi connectivity index (χ1) is 12.8. The standard InChI is InChI=1S/C20H30N2O4S/c1-16-5-7-19(8-6-16)26-15-17-4-3-11-21(14-17)20(23)18-9-12-22(13-10-18)27(2,24)25/h5-8,17-18H,3-4,9-15H2,1-2H3. The number of piperidine rings is 2. The Hall–Kier alpha value is -1.60. The molecule has 7 heteroatoms. The van der Waals surface area contributed by atoms with Gasteiger partial charge in [0.25, 0.3) is 0 Å². The van der Waals surface area contributed by atoms with Gasteiger partial charge in [-0.15, -0.1) is 0 Å². The Kier molecular flexibility index (Phi) is 6.42. The monoisotopic (exact) mass is 394 g/mol. The highest BCUT2D eigenvalue weighted by atomic mass is 32.2. The van der Waals surface area contributed by atoms with Crippen LogP contribution in [0.5, 0.6) is 5.75 Å². The van der Waals surface area contributed by atoms with Crippen molar-refractivity contribution >= 4 is 15.9 Å². The van der Waals surface area contributed by atoms with E-state index < -0.39 is 10.0 Å². The fourth-order valence-electron chi connectivity index (χ4n) is 3.94. The molecule has 6 nitrogen and oxygen atoms in total. The third-order valence-corrected chi connectivity index (χ3v) is 6.91. The molecule has 0 spiro atoms. The van der Waals surface area contributed by atoms with Crippen molar-refractivity contribution in [1.82, 2.24) is 9.21 Å². The van der Waals surface area contributed by atoms with Gasteiger partial charge in [-0.05, 0) is 44.7 Å². The van der Waals surface area contributed by atoms with Gasteiger partial charge in [0.15, 0.2) is 0 Å². The van der Waals surface area contributed by atoms with Crippen LogP contribution in [0.15, 0.2) is 24.3 Å². The van der Waals surface area contributed by atoms with E-state index in [0.717, 1.165) is 31.7 Å². The van der Waals surface area contributed by atoms with E-state index >= 15 is 0 Å². The quantitative estimate of drug-likeness (QED) is 0.768. The van der Waals surface area contributed by atoms with E-state index in [-0.39, 0.29) is 11.8 Å². The Morgan fingerprint density at radius 3 is 2.41 bits per heavy atom. The van der Waals surface area contributed by atoms with Gasteiger partial charge in [0.05, 0.1) is 12.9 Å². The Morgan fingerprint density at radius 1 is 1.11 bits per heavy atom. The van der Waals surface area contributed by atoms with Crippen LogP contribution in [0.4, 0.5) is 0 Å². The van der Waals surface area contributed by atoms with Crippen LogP contribution in [-0.2, 0) is 14.8 Å². The number of likely N-dealkylation sites (tertiary alicyclic amines) is 1. The topological polar surface area (TPSA) is 66.9 Å². The van der Waals surface area contributed by atoms with Crippen LogP contribution >= 0.6 is 0 Å². The van der Waals surface area contributed by atoms with E-state index in [9.17, 15) is 13.2 Å². The number of amides is 1. The van der Waals surface area contributed by atoms with E-state index in [1.54, 1.807) is 0 Å². The molecular formula is C20H30N2O4S. The largest absolute Gasteiger partial charge is 0.493 e. The number of benzene rings is 1. The summed E-state index contributed by atoms with van der Waals surface area (Å²) >= 11 is 0. The van der Waals surface area contributed by atoms with Gasteiger partial charge < -0.3 is 9.64 Å². The molecule has 1 aromatic rings.